The fourth-order valence-corrected chi connectivity index (χ4v) is 7.75. The van der Waals surface area contributed by atoms with Crippen molar-refractivity contribution in [3.63, 3.8) is 0 Å². The molecule has 226 valence electrons. The summed E-state index contributed by atoms with van der Waals surface area (Å²) in [5.41, 5.74) is -0.00253. The van der Waals surface area contributed by atoms with E-state index < -0.39 is 11.5 Å². The number of piperidine rings is 1. The molecule has 1 saturated carbocycles. The molecule has 1 aliphatic carbocycles. The Kier molecular flexibility index (Phi) is 8.65. The number of rotatable bonds is 6. The van der Waals surface area contributed by atoms with Crippen LogP contribution in [-0.4, -0.2) is 77.0 Å². The molecule has 4 atom stereocenters. The Labute approximate surface area is 244 Å². The van der Waals surface area contributed by atoms with Gasteiger partial charge in [0.25, 0.3) is 0 Å². The molecule has 3 saturated heterocycles. The second-order valence-corrected chi connectivity index (χ2v) is 14.0. The zero-order chi connectivity index (χ0) is 29.4. The minimum atomic E-state index is -0.763. The maximum absolute atomic E-state index is 14.0. The predicted octanol–water partition coefficient (Wildman–Crippen LogP) is 3.98. The van der Waals surface area contributed by atoms with Gasteiger partial charge in [-0.25, -0.2) is 9.18 Å². The van der Waals surface area contributed by atoms with E-state index >= 15 is 0 Å². The molecule has 41 heavy (non-hydrogen) atoms. The largest absolute Gasteiger partial charge is 0.351 e. The lowest BCUT2D eigenvalue weighted by Crippen LogP contribution is -2.60. The number of nitrogens with zero attached hydrogens (tertiary/aromatic N) is 2. The highest BCUT2D eigenvalue weighted by Gasteiger charge is 2.50. The van der Waals surface area contributed by atoms with E-state index in [0.29, 0.717) is 44.4 Å². The highest BCUT2D eigenvalue weighted by molar-refractivity contribution is 5.88. The predicted molar refractivity (Wildman–Crippen MR) is 157 cm³/mol. The second kappa shape index (κ2) is 11.9. The smallest absolute Gasteiger partial charge is 0.318 e. The number of urea groups is 1. The molecule has 3 unspecified atom stereocenters. The number of nitrogens with one attached hydrogen (secondary N) is 3. The second-order valence-electron chi connectivity index (χ2n) is 14.0. The molecular weight excluding hydrogens is 521 g/mol. The summed E-state index contributed by atoms with van der Waals surface area (Å²) < 4.78 is 13.6. The summed E-state index contributed by atoms with van der Waals surface area (Å²) >= 11 is 0. The molecule has 0 radical (unpaired) electrons. The monoisotopic (exact) mass is 569 g/mol. The quantitative estimate of drug-likeness (QED) is 0.483. The van der Waals surface area contributed by atoms with E-state index in [2.05, 4.69) is 22.9 Å². The first-order chi connectivity index (χ1) is 19.4. The van der Waals surface area contributed by atoms with Crippen LogP contribution < -0.4 is 16.0 Å². The third-order valence-electron chi connectivity index (χ3n) is 9.92. The van der Waals surface area contributed by atoms with E-state index in [-0.39, 0.29) is 47.7 Å². The van der Waals surface area contributed by atoms with Crippen LogP contribution in [0, 0.1) is 17.2 Å². The number of carbonyl (C=O) groups is 3. The molecule has 3 N–H and O–H groups in total. The fourth-order valence-electron chi connectivity index (χ4n) is 7.75. The van der Waals surface area contributed by atoms with Gasteiger partial charge in [0, 0.05) is 43.7 Å². The molecule has 9 heteroatoms. The first-order valence-corrected chi connectivity index (χ1v) is 15.6. The van der Waals surface area contributed by atoms with Crippen molar-refractivity contribution >= 4 is 17.8 Å². The van der Waals surface area contributed by atoms with Crippen molar-refractivity contribution in [1.29, 1.82) is 0 Å². The lowest BCUT2D eigenvalue weighted by molar-refractivity contribution is -0.147. The van der Waals surface area contributed by atoms with Crippen LogP contribution in [0.15, 0.2) is 24.3 Å². The van der Waals surface area contributed by atoms with Gasteiger partial charge in [0.15, 0.2) is 0 Å². The van der Waals surface area contributed by atoms with Gasteiger partial charge >= 0.3 is 6.03 Å². The summed E-state index contributed by atoms with van der Waals surface area (Å²) in [7, 11) is 0. The third kappa shape index (κ3) is 6.55. The van der Waals surface area contributed by atoms with Gasteiger partial charge in [-0.2, -0.15) is 0 Å². The van der Waals surface area contributed by atoms with Crippen LogP contribution in [0.4, 0.5) is 9.18 Å². The van der Waals surface area contributed by atoms with Crippen LogP contribution in [-0.2, 0) is 16.0 Å². The number of halogens is 1. The number of piperazine rings is 1. The van der Waals surface area contributed by atoms with Crippen molar-refractivity contribution < 1.29 is 18.8 Å². The van der Waals surface area contributed by atoms with Gasteiger partial charge in [-0.3, -0.25) is 9.59 Å². The average Bonchev–Trinajstić information content (AvgIpc) is 3.53. The van der Waals surface area contributed by atoms with Gasteiger partial charge in [-0.15, -0.1) is 0 Å². The lowest BCUT2D eigenvalue weighted by atomic mass is 9.63. The van der Waals surface area contributed by atoms with Crippen LogP contribution in [0.5, 0.6) is 0 Å². The molecule has 5 rings (SSSR count). The summed E-state index contributed by atoms with van der Waals surface area (Å²) in [6.45, 7) is 9.75. The van der Waals surface area contributed by atoms with Gasteiger partial charge in [-0.05, 0) is 83.4 Å². The average molecular weight is 570 g/mol. The fraction of sp³-hybridized carbons (Fsp3) is 0.719. The molecule has 4 fully saturated rings. The summed E-state index contributed by atoms with van der Waals surface area (Å²) in [6, 6.07) is 5.78. The van der Waals surface area contributed by atoms with Gasteiger partial charge < -0.3 is 25.8 Å². The van der Waals surface area contributed by atoms with E-state index in [1.54, 1.807) is 12.1 Å². The zero-order valence-corrected chi connectivity index (χ0v) is 25.2. The number of amides is 4. The minimum Gasteiger partial charge on any atom is -0.351 e. The van der Waals surface area contributed by atoms with Gasteiger partial charge in [0.2, 0.25) is 11.8 Å². The Hall–Kier alpha value is -2.68. The number of hydrogen-bond donors (Lipinski definition) is 3. The zero-order valence-electron chi connectivity index (χ0n) is 25.2. The van der Waals surface area contributed by atoms with Crippen LogP contribution >= 0.6 is 0 Å². The van der Waals surface area contributed by atoms with Crippen molar-refractivity contribution in [3.05, 3.63) is 35.6 Å². The third-order valence-corrected chi connectivity index (χ3v) is 9.92. The molecule has 8 nitrogen and oxygen atoms in total. The Morgan fingerprint density at radius 2 is 1.73 bits per heavy atom. The highest BCUT2D eigenvalue weighted by Crippen LogP contribution is 2.46. The molecule has 0 spiro atoms. The molecule has 3 aliphatic heterocycles. The summed E-state index contributed by atoms with van der Waals surface area (Å²) in [6.07, 6.45) is 8.10. The molecule has 0 aromatic heterocycles. The molecule has 4 amide bonds. The standard InChI is InChI=1S/C32H48FN5O3/c1-21-27-19-25(34-21)20-38(27)30(41)35-26(18-22-10-12-24(33)13-11-22)28(39)37-16-14-32(15-17-37,23-8-6-5-7-9-23)29(40)36-31(2,3)4/h10-13,21,23,25-27,34H,5-9,14-20H2,1-4H3,(H,35,41)(H,36,40)/t21?,25?,26-,27?/m1/s1. The maximum atomic E-state index is 14.0. The number of hydrogen-bond acceptors (Lipinski definition) is 4. The highest BCUT2D eigenvalue weighted by atomic mass is 19.1. The van der Waals surface area contributed by atoms with Crippen molar-refractivity contribution in [2.24, 2.45) is 11.3 Å². The van der Waals surface area contributed by atoms with Gasteiger partial charge in [-0.1, -0.05) is 31.4 Å². The molecule has 4 aliphatic rings. The summed E-state index contributed by atoms with van der Waals surface area (Å²) in [5.74, 6) is -0.0238. The number of likely N-dealkylation sites (tertiary alicyclic amines) is 2. The minimum absolute atomic E-state index is 0.118. The van der Waals surface area contributed by atoms with E-state index in [4.69, 9.17) is 0 Å². The first kappa shape index (κ1) is 29.8. The Morgan fingerprint density at radius 3 is 2.32 bits per heavy atom. The van der Waals surface area contributed by atoms with Crippen molar-refractivity contribution in [2.45, 2.75) is 115 Å². The van der Waals surface area contributed by atoms with Crippen LogP contribution in [0.2, 0.25) is 0 Å². The number of carbonyl (C=O) groups excluding carboxylic acids is 3. The summed E-state index contributed by atoms with van der Waals surface area (Å²) in [5, 5.41) is 9.83. The van der Waals surface area contributed by atoms with Crippen LogP contribution in [0.25, 0.3) is 0 Å². The Morgan fingerprint density at radius 1 is 1.07 bits per heavy atom. The van der Waals surface area contributed by atoms with E-state index in [9.17, 15) is 18.8 Å². The lowest BCUT2D eigenvalue weighted by Gasteiger charge is -2.48. The SMILES string of the molecule is CC1NC2CC1N(C(=O)N[C@H](Cc1ccc(F)cc1)C(=O)N1CCC(C(=O)NC(C)(C)C)(C3CCCCC3)CC1)C2. The maximum Gasteiger partial charge on any atom is 0.318 e. The Balaban J connectivity index is 1.31. The van der Waals surface area contributed by atoms with Gasteiger partial charge in [0.05, 0.1) is 11.5 Å². The molecule has 2 bridgehead atoms. The van der Waals surface area contributed by atoms with Crippen LogP contribution in [0.1, 0.15) is 84.6 Å². The number of benzene rings is 1. The van der Waals surface area contributed by atoms with Gasteiger partial charge in [0.1, 0.15) is 11.9 Å². The summed E-state index contributed by atoms with van der Waals surface area (Å²) in [4.78, 5) is 45.0. The van der Waals surface area contributed by atoms with Crippen molar-refractivity contribution in [1.82, 2.24) is 25.8 Å². The van der Waals surface area contributed by atoms with Crippen molar-refractivity contribution in [3.8, 4) is 0 Å². The molecule has 3 heterocycles. The molecule has 1 aromatic rings. The van der Waals surface area contributed by atoms with E-state index in [0.717, 1.165) is 37.7 Å². The topological polar surface area (TPSA) is 93.8 Å². The normalized spacial score (nSPS) is 27.0. The Bertz CT molecular complexity index is 1110. The first-order valence-electron chi connectivity index (χ1n) is 15.6. The van der Waals surface area contributed by atoms with E-state index in [1.807, 2.05) is 30.6 Å². The van der Waals surface area contributed by atoms with Crippen molar-refractivity contribution in [2.75, 3.05) is 19.6 Å². The number of fused-ring (bicyclic) bond motifs is 2. The van der Waals surface area contributed by atoms with E-state index in [1.165, 1.54) is 18.6 Å². The molecular formula is C32H48FN5O3. The van der Waals surface area contributed by atoms with Crippen LogP contribution in [0.3, 0.4) is 0 Å². The molecule has 1 aromatic carbocycles.